The number of hydrogen-bond acceptors (Lipinski definition) is 4. The SMILES string of the molecule is OCCOCC[N+]1(CCOCCO)CCCCC1. The third-order valence-electron chi connectivity index (χ3n) is 3.66. The molecule has 1 heterocycles. The molecular formula is C13H28NO4+. The molecule has 1 aliphatic heterocycles. The van der Waals surface area contributed by atoms with Crippen molar-refractivity contribution in [2.24, 2.45) is 0 Å². The van der Waals surface area contributed by atoms with Crippen molar-refractivity contribution < 1.29 is 24.2 Å². The molecule has 0 bridgehead atoms. The third-order valence-corrected chi connectivity index (χ3v) is 3.66. The standard InChI is InChI=1S/C13H28NO4/c15-8-12-17-10-6-14(4-2-1-3-5-14)7-11-18-13-9-16/h15-16H,1-13H2/q+1. The summed E-state index contributed by atoms with van der Waals surface area (Å²) in [5.41, 5.74) is 0. The fourth-order valence-electron chi connectivity index (χ4n) is 2.59. The van der Waals surface area contributed by atoms with Crippen molar-refractivity contribution in [3.05, 3.63) is 0 Å². The number of piperidine rings is 1. The lowest BCUT2D eigenvalue weighted by atomic mass is 10.1. The Kier molecular flexibility index (Phi) is 8.54. The first-order valence-corrected chi connectivity index (χ1v) is 7.05. The number of aliphatic hydroxyl groups excluding tert-OH is 2. The molecular weight excluding hydrogens is 234 g/mol. The van der Waals surface area contributed by atoms with Gasteiger partial charge in [0.25, 0.3) is 0 Å². The van der Waals surface area contributed by atoms with Gasteiger partial charge in [-0.3, -0.25) is 0 Å². The number of quaternary nitrogens is 1. The number of hydrogen-bond donors (Lipinski definition) is 2. The number of ether oxygens (including phenoxy) is 2. The van der Waals surface area contributed by atoms with Crippen molar-refractivity contribution in [3.8, 4) is 0 Å². The molecule has 0 saturated carbocycles. The molecule has 0 unspecified atom stereocenters. The van der Waals surface area contributed by atoms with Gasteiger partial charge in [0.1, 0.15) is 13.1 Å². The van der Waals surface area contributed by atoms with Crippen LogP contribution in [0.3, 0.4) is 0 Å². The Morgan fingerprint density at radius 2 is 1.22 bits per heavy atom. The molecule has 2 N–H and O–H groups in total. The summed E-state index contributed by atoms with van der Waals surface area (Å²) in [7, 11) is 0. The number of aliphatic hydroxyl groups is 2. The Balaban J connectivity index is 2.27. The Bertz CT molecular complexity index is 181. The fraction of sp³-hybridized carbons (Fsp3) is 1.00. The highest BCUT2D eigenvalue weighted by atomic mass is 16.5. The maximum absolute atomic E-state index is 8.69. The molecule has 0 spiro atoms. The summed E-state index contributed by atoms with van der Waals surface area (Å²) >= 11 is 0. The van der Waals surface area contributed by atoms with Crippen LogP contribution in [0.2, 0.25) is 0 Å². The molecule has 0 aromatic rings. The zero-order valence-electron chi connectivity index (χ0n) is 11.4. The van der Waals surface area contributed by atoms with Gasteiger partial charge in [0.15, 0.2) is 0 Å². The smallest absolute Gasteiger partial charge is 0.102 e. The van der Waals surface area contributed by atoms with E-state index in [0.717, 1.165) is 17.6 Å². The van der Waals surface area contributed by atoms with Crippen molar-refractivity contribution in [1.82, 2.24) is 0 Å². The molecule has 1 aliphatic rings. The third kappa shape index (κ3) is 6.11. The van der Waals surface area contributed by atoms with Crippen LogP contribution in [0, 0.1) is 0 Å². The topological polar surface area (TPSA) is 58.9 Å². The van der Waals surface area contributed by atoms with E-state index >= 15 is 0 Å². The van der Waals surface area contributed by atoms with Crippen molar-refractivity contribution in [3.63, 3.8) is 0 Å². The molecule has 5 nitrogen and oxygen atoms in total. The van der Waals surface area contributed by atoms with Crippen molar-refractivity contribution in [2.45, 2.75) is 19.3 Å². The summed E-state index contributed by atoms with van der Waals surface area (Å²) in [5.74, 6) is 0. The zero-order chi connectivity index (χ0) is 13.1. The van der Waals surface area contributed by atoms with Crippen LogP contribution in [0.25, 0.3) is 0 Å². The van der Waals surface area contributed by atoms with Gasteiger partial charge in [-0.05, 0) is 19.3 Å². The second-order valence-electron chi connectivity index (χ2n) is 4.97. The Morgan fingerprint density at radius 1 is 0.722 bits per heavy atom. The molecule has 5 heteroatoms. The van der Waals surface area contributed by atoms with Crippen LogP contribution in [0.15, 0.2) is 0 Å². The predicted molar refractivity (Wildman–Crippen MR) is 69.4 cm³/mol. The van der Waals surface area contributed by atoms with Crippen molar-refractivity contribution in [2.75, 3.05) is 65.8 Å². The van der Waals surface area contributed by atoms with Crippen LogP contribution in [-0.4, -0.2) is 80.5 Å². The molecule has 0 radical (unpaired) electrons. The highest BCUT2D eigenvalue weighted by molar-refractivity contribution is 4.55. The molecule has 0 atom stereocenters. The Morgan fingerprint density at radius 3 is 1.67 bits per heavy atom. The summed E-state index contributed by atoms with van der Waals surface area (Å²) < 4.78 is 11.8. The van der Waals surface area contributed by atoms with E-state index in [1.807, 2.05) is 0 Å². The maximum Gasteiger partial charge on any atom is 0.102 e. The van der Waals surface area contributed by atoms with Crippen LogP contribution >= 0.6 is 0 Å². The lowest BCUT2D eigenvalue weighted by molar-refractivity contribution is -0.933. The van der Waals surface area contributed by atoms with E-state index in [2.05, 4.69) is 0 Å². The molecule has 0 aromatic carbocycles. The minimum absolute atomic E-state index is 0.0968. The fourth-order valence-corrected chi connectivity index (χ4v) is 2.59. The second-order valence-corrected chi connectivity index (χ2v) is 4.97. The lowest BCUT2D eigenvalue weighted by Gasteiger charge is -2.41. The minimum Gasteiger partial charge on any atom is -0.394 e. The predicted octanol–water partition coefficient (Wildman–Crippen LogP) is 0.00490. The molecule has 0 aliphatic carbocycles. The average Bonchev–Trinajstić information content (AvgIpc) is 2.41. The number of rotatable bonds is 10. The minimum atomic E-state index is 0.0968. The van der Waals surface area contributed by atoms with Crippen LogP contribution in [-0.2, 0) is 9.47 Å². The normalized spacial score (nSPS) is 19.0. The van der Waals surface area contributed by atoms with E-state index < -0.39 is 0 Å². The van der Waals surface area contributed by atoms with E-state index in [0.29, 0.717) is 26.4 Å². The molecule has 108 valence electrons. The van der Waals surface area contributed by atoms with E-state index in [4.69, 9.17) is 19.7 Å². The highest BCUT2D eigenvalue weighted by Crippen LogP contribution is 2.18. The largest absolute Gasteiger partial charge is 0.394 e. The van der Waals surface area contributed by atoms with Crippen LogP contribution in [0.5, 0.6) is 0 Å². The quantitative estimate of drug-likeness (QED) is 0.430. The molecule has 1 saturated heterocycles. The summed E-state index contributed by atoms with van der Waals surface area (Å²) in [5, 5.41) is 17.4. The van der Waals surface area contributed by atoms with Crippen molar-refractivity contribution >= 4 is 0 Å². The maximum atomic E-state index is 8.69. The first kappa shape index (κ1) is 15.9. The molecule has 1 fully saturated rings. The Labute approximate surface area is 110 Å². The monoisotopic (exact) mass is 262 g/mol. The van der Waals surface area contributed by atoms with Crippen molar-refractivity contribution in [1.29, 1.82) is 0 Å². The van der Waals surface area contributed by atoms with Gasteiger partial charge in [-0.15, -0.1) is 0 Å². The van der Waals surface area contributed by atoms with Crippen LogP contribution in [0.4, 0.5) is 0 Å². The first-order chi connectivity index (χ1) is 8.83. The van der Waals surface area contributed by atoms with Gasteiger partial charge in [0.05, 0.1) is 52.7 Å². The lowest BCUT2D eigenvalue weighted by Crippen LogP contribution is -2.55. The molecule has 0 aromatic heterocycles. The molecule has 0 amide bonds. The molecule has 1 rings (SSSR count). The van der Waals surface area contributed by atoms with Crippen LogP contribution in [0.1, 0.15) is 19.3 Å². The number of likely N-dealkylation sites (tertiary alicyclic amines) is 1. The number of nitrogens with zero attached hydrogens (tertiary/aromatic N) is 1. The summed E-state index contributed by atoms with van der Waals surface area (Å²) in [4.78, 5) is 0. The van der Waals surface area contributed by atoms with Gasteiger partial charge in [-0.1, -0.05) is 0 Å². The van der Waals surface area contributed by atoms with Gasteiger partial charge in [0, 0.05) is 0 Å². The van der Waals surface area contributed by atoms with Crippen LogP contribution < -0.4 is 0 Å². The van der Waals surface area contributed by atoms with E-state index in [1.165, 1.54) is 32.4 Å². The second kappa shape index (κ2) is 9.69. The van der Waals surface area contributed by atoms with E-state index in [-0.39, 0.29) is 13.2 Å². The summed E-state index contributed by atoms with van der Waals surface area (Å²) in [6.07, 6.45) is 3.88. The van der Waals surface area contributed by atoms with Gasteiger partial charge >= 0.3 is 0 Å². The summed E-state index contributed by atoms with van der Waals surface area (Å²) in [6, 6.07) is 0. The van der Waals surface area contributed by atoms with Gasteiger partial charge < -0.3 is 24.2 Å². The Hall–Kier alpha value is -0.200. The van der Waals surface area contributed by atoms with Gasteiger partial charge in [-0.25, -0.2) is 0 Å². The van der Waals surface area contributed by atoms with Gasteiger partial charge in [-0.2, -0.15) is 0 Å². The van der Waals surface area contributed by atoms with E-state index in [1.54, 1.807) is 0 Å². The zero-order valence-corrected chi connectivity index (χ0v) is 11.4. The van der Waals surface area contributed by atoms with E-state index in [9.17, 15) is 0 Å². The first-order valence-electron chi connectivity index (χ1n) is 7.05. The molecule has 18 heavy (non-hydrogen) atoms. The average molecular weight is 262 g/mol. The highest BCUT2D eigenvalue weighted by Gasteiger charge is 2.29. The summed E-state index contributed by atoms with van der Waals surface area (Å²) in [6.45, 7) is 6.88. The van der Waals surface area contributed by atoms with Gasteiger partial charge in [0.2, 0.25) is 0 Å².